The van der Waals surface area contributed by atoms with E-state index < -0.39 is 5.54 Å². The van der Waals surface area contributed by atoms with E-state index in [1.807, 2.05) is 24.3 Å². The van der Waals surface area contributed by atoms with Crippen molar-refractivity contribution < 1.29 is 10.0 Å². The molecule has 0 aromatic heterocycles. The van der Waals surface area contributed by atoms with E-state index in [2.05, 4.69) is 17.4 Å². The van der Waals surface area contributed by atoms with Crippen molar-refractivity contribution in [2.45, 2.75) is 70.3 Å². The molecule has 2 rings (SSSR count). The zero-order valence-electron chi connectivity index (χ0n) is 14.6. The quantitative estimate of drug-likeness (QED) is 0.201. The molecule has 0 heterocycles. The number of hydrogen-bond acceptors (Lipinski definition) is 3. The summed E-state index contributed by atoms with van der Waals surface area (Å²) in [5, 5.41) is 14.7. The van der Waals surface area contributed by atoms with Crippen LogP contribution >= 0.6 is 0 Å². The second-order valence-corrected chi connectivity index (χ2v) is 6.74. The molecule has 1 aromatic carbocycles. The summed E-state index contributed by atoms with van der Waals surface area (Å²) in [5.74, 6) is -0.0965. The zero-order valence-corrected chi connectivity index (χ0v) is 14.6. The van der Waals surface area contributed by atoms with Crippen molar-refractivity contribution in [2.24, 2.45) is 10.9 Å². The molecule has 0 unspecified atom stereocenters. The van der Waals surface area contributed by atoms with Gasteiger partial charge >= 0.3 is 0 Å². The minimum atomic E-state index is -0.650. The van der Waals surface area contributed by atoms with Crippen molar-refractivity contribution in [3.05, 3.63) is 35.4 Å². The summed E-state index contributed by atoms with van der Waals surface area (Å²) in [4.78, 5) is 12.3. The molecule has 0 spiro atoms. The Morgan fingerprint density at radius 2 is 1.79 bits per heavy atom. The second-order valence-electron chi connectivity index (χ2n) is 6.74. The van der Waals surface area contributed by atoms with Crippen molar-refractivity contribution >= 4 is 11.7 Å². The first-order valence-corrected chi connectivity index (χ1v) is 9.01. The van der Waals surface area contributed by atoms with Gasteiger partial charge in [-0.3, -0.25) is 4.79 Å². The number of nitrogens with two attached hydrogens (primary N) is 1. The number of aryl methyl sites for hydroxylation is 1. The smallest absolute Gasteiger partial charge is 0.252 e. The fourth-order valence-corrected chi connectivity index (χ4v) is 2.89. The molecular weight excluding hydrogens is 302 g/mol. The average Bonchev–Trinajstić information content (AvgIpc) is 3.38. The molecule has 24 heavy (non-hydrogen) atoms. The fraction of sp³-hybridized carbons (Fsp3) is 0.579. The molecular formula is C19H29N3O2. The predicted octanol–water partition coefficient (Wildman–Crippen LogP) is 3.60. The standard InChI is InChI=1S/C19H29N3O2/c1-2-3-4-5-6-7-8-15-9-11-16(12-10-15)17(23)21-19(13-14-19)18(20)22-24/h9-12,24H,2-8,13-14H2,1H3,(H2,20,22)(H,21,23). The summed E-state index contributed by atoms with van der Waals surface area (Å²) in [5.41, 5.74) is 6.87. The van der Waals surface area contributed by atoms with Crippen LogP contribution in [0.15, 0.2) is 29.4 Å². The molecule has 5 heteroatoms. The first kappa shape index (κ1) is 18.3. The molecule has 0 radical (unpaired) electrons. The van der Waals surface area contributed by atoms with E-state index in [-0.39, 0.29) is 11.7 Å². The van der Waals surface area contributed by atoms with Gasteiger partial charge in [0, 0.05) is 5.56 Å². The number of nitrogens with zero attached hydrogens (tertiary/aromatic N) is 1. The molecule has 1 fully saturated rings. The monoisotopic (exact) mass is 331 g/mol. The van der Waals surface area contributed by atoms with Gasteiger partial charge in [0.15, 0.2) is 5.84 Å². The van der Waals surface area contributed by atoms with Gasteiger partial charge in [0.1, 0.15) is 5.54 Å². The van der Waals surface area contributed by atoms with Crippen LogP contribution in [0.5, 0.6) is 0 Å². The maximum absolute atomic E-state index is 12.3. The number of rotatable bonds is 10. The molecule has 4 N–H and O–H groups in total. The Balaban J connectivity index is 1.78. The highest BCUT2D eigenvalue weighted by Gasteiger charge is 2.48. The summed E-state index contributed by atoms with van der Waals surface area (Å²) in [6.45, 7) is 2.23. The van der Waals surface area contributed by atoms with E-state index in [1.165, 1.54) is 44.1 Å². The number of benzene rings is 1. The van der Waals surface area contributed by atoms with Gasteiger partial charge < -0.3 is 16.3 Å². The highest BCUT2D eigenvalue weighted by Crippen LogP contribution is 2.35. The lowest BCUT2D eigenvalue weighted by atomic mass is 10.0. The predicted molar refractivity (Wildman–Crippen MR) is 96.4 cm³/mol. The van der Waals surface area contributed by atoms with Gasteiger partial charge in [-0.1, -0.05) is 56.3 Å². The number of carbonyl (C=O) groups is 1. The van der Waals surface area contributed by atoms with Gasteiger partial charge in [-0.25, -0.2) is 0 Å². The van der Waals surface area contributed by atoms with Crippen LogP contribution in [0.25, 0.3) is 0 Å². The molecule has 1 aliphatic rings. The number of unbranched alkanes of at least 4 members (excludes halogenated alkanes) is 5. The largest absolute Gasteiger partial charge is 0.409 e. The van der Waals surface area contributed by atoms with Crippen LogP contribution in [-0.2, 0) is 6.42 Å². The Kier molecular flexibility index (Phi) is 6.64. The van der Waals surface area contributed by atoms with Crippen molar-refractivity contribution in [3.63, 3.8) is 0 Å². The van der Waals surface area contributed by atoms with Gasteiger partial charge in [-0.05, 0) is 43.4 Å². The average molecular weight is 331 g/mol. The minimum Gasteiger partial charge on any atom is -0.409 e. The van der Waals surface area contributed by atoms with Gasteiger partial charge in [0.2, 0.25) is 0 Å². The molecule has 0 atom stereocenters. The lowest BCUT2D eigenvalue weighted by Gasteiger charge is -2.15. The third kappa shape index (κ3) is 4.98. The topological polar surface area (TPSA) is 87.7 Å². The Morgan fingerprint density at radius 1 is 1.17 bits per heavy atom. The molecule has 1 aliphatic carbocycles. The van der Waals surface area contributed by atoms with Crippen molar-refractivity contribution in [1.29, 1.82) is 0 Å². The van der Waals surface area contributed by atoms with Crippen LogP contribution in [0.1, 0.15) is 74.2 Å². The molecule has 5 nitrogen and oxygen atoms in total. The second kappa shape index (κ2) is 8.71. The molecule has 0 bridgehead atoms. The van der Waals surface area contributed by atoms with E-state index >= 15 is 0 Å². The number of oxime groups is 1. The summed E-state index contributed by atoms with van der Waals surface area (Å²) < 4.78 is 0. The lowest BCUT2D eigenvalue weighted by Crippen LogP contribution is -2.46. The van der Waals surface area contributed by atoms with Crippen LogP contribution in [0.2, 0.25) is 0 Å². The van der Waals surface area contributed by atoms with Gasteiger partial charge in [-0.15, -0.1) is 0 Å². The number of hydrogen-bond donors (Lipinski definition) is 3. The van der Waals surface area contributed by atoms with E-state index in [1.54, 1.807) is 0 Å². The summed E-state index contributed by atoms with van der Waals surface area (Å²) >= 11 is 0. The van der Waals surface area contributed by atoms with Crippen molar-refractivity contribution in [1.82, 2.24) is 5.32 Å². The molecule has 0 saturated heterocycles. The number of nitrogens with one attached hydrogen (secondary N) is 1. The Bertz CT molecular complexity index is 562. The van der Waals surface area contributed by atoms with E-state index in [0.717, 1.165) is 6.42 Å². The number of amides is 1. The van der Waals surface area contributed by atoms with Crippen molar-refractivity contribution in [2.75, 3.05) is 0 Å². The van der Waals surface area contributed by atoms with Gasteiger partial charge in [0.05, 0.1) is 0 Å². The van der Waals surface area contributed by atoms with Gasteiger partial charge in [0.25, 0.3) is 5.91 Å². The molecule has 0 aliphatic heterocycles. The molecule has 132 valence electrons. The Morgan fingerprint density at radius 3 is 2.38 bits per heavy atom. The first-order chi connectivity index (χ1) is 11.6. The van der Waals surface area contributed by atoms with E-state index in [9.17, 15) is 4.79 Å². The lowest BCUT2D eigenvalue weighted by molar-refractivity contribution is 0.0942. The maximum Gasteiger partial charge on any atom is 0.252 e. The van der Waals surface area contributed by atoms with Crippen LogP contribution in [0, 0.1) is 0 Å². The fourth-order valence-electron chi connectivity index (χ4n) is 2.89. The van der Waals surface area contributed by atoms with E-state index in [4.69, 9.17) is 10.9 Å². The molecule has 1 saturated carbocycles. The SMILES string of the molecule is CCCCCCCCc1ccc(C(=O)NC2(/C(N)=N/O)CC2)cc1. The third-order valence-corrected chi connectivity index (χ3v) is 4.74. The zero-order chi connectivity index (χ0) is 17.4. The highest BCUT2D eigenvalue weighted by atomic mass is 16.4. The number of amidine groups is 1. The van der Waals surface area contributed by atoms with Crippen molar-refractivity contribution in [3.8, 4) is 0 Å². The highest BCUT2D eigenvalue weighted by molar-refractivity contribution is 6.01. The maximum atomic E-state index is 12.3. The van der Waals surface area contributed by atoms with Crippen LogP contribution in [-0.4, -0.2) is 22.5 Å². The summed E-state index contributed by atoms with van der Waals surface area (Å²) in [6, 6.07) is 7.74. The van der Waals surface area contributed by atoms with Gasteiger partial charge in [-0.2, -0.15) is 0 Å². The van der Waals surface area contributed by atoms with E-state index in [0.29, 0.717) is 18.4 Å². The Labute approximate surface area is 144 Å². The normalized spacial score (nSPS) is 16.0. The van der Waals surface area contributed by atoms with Crippen LogP contribution in [0.3, 0.4) is 0 Å². The number of carbonyl (C=O) groups excluding carboxylic acids is 1. The van der Waals surface area contributed by atoms with Crippen LogP contribution < -0.4 is 11.1 Å². The summed E-state index contributed by atoms with van der Waals surface area (Å²) in [6.07, 6.45) is 10.2. The minimum absolute atomic E-state index is 0.0792. The molecule has 1 amide bonds. The first-order valence-electron chi connectivity index (χ1n) is 9.01. The summed E-state index contributed by atoms with van der Waals surface area (Å²) in [7, 11) is 0. The third-order valence-electron chi connectivity index (χ3n) is 4.74. The Hall–Kier alpha value is -2.04. The molecule has 1 aromatic rings. The van der Waals surface area contributed by atoms with Crippen LogP contribution in [0.4, 0.5) is 0 Å².